The first-order valence-corrected chi connectivity index (χ1v) is 10.6. The van der Waals surface area contributed by atoms with Gasteiger partial charge in [0.05, 0.1) is 11.1 Å². The van der Waals surface area contributed by atoms with Crippen molar-refractivity contribution in [1.29, 1.82) is 0 Å². The molecule has 1 saturated carbocycles. The Morgan fingerprint density at radius 3 is 2.70 bits per heavy atom. The summed E-state index contributed by atoms with van der Waals surface area (Å²) >= 11 is 0. The van der Waals surface area contributed by atoms with E-state index >= 15 is 0 Å². The molecule has 1 aliphatic carbocycles. The number of aryl methyl sites for hydroxylation is 1. The van der Waals surface area contributed by atoms with Crippen LogP contribution < -0.4 is 0 Å². The fourth-order valence-electron chi connectivity index (χ4n) is 4.35. The molecular formula is C23H25N5O2. The molecule has 5 rings (SSSR count). The van der Waals surface area contributed by atoms with Crippen LogP contribution in [0.2, 0.25) is 0 Å². The summed E-state index contributed by atoms with van der Waals surface area (Å²) in [6, 6.07) is 7.53. The topological polar surface area (TPSA) is 85.0 Å². The number of carbonyl (C=O) groups is 1. The first-order chi connectivity index (χ1) is 14.6. The number of nitrogens with zero attached hydrogens (tertiary/aromatic N) is 5. The van der Waals surface area contributed by atoms with Crippen LogP contribution in [-0.2, 0) is 5.41 Å². The van der Waals surface area contributed by atoms with Crippen LogP contribution in [0.5, 0.6) is 0 Å². The van der Waals surface area contributed by atoms with E-state index < -0.39 is 0 Å². The monoisotopic (exact) mass is 403 g/mol. The van der Waals surface area contributed by atoms with Crippen LogP contribution >= 0.6 is 0 Å². The van der Waals surface area contributed by atoms with Gasteiger partial charge in [-0.3, -0.25) is 14.8 Å². The first-order valence-electron chi connectivity index (χ1n) is 10.6. The third kappa shape index (κ3) is 3.72. The molecule has 0 N–H and O–H groups in total. The van der Waals surface area contributed by atoms with Gasteiger partial charge in [-0.25, -0.2) is 0 Å². The van der Waals surface area contributed by atoms with E-state index in [2.05, 4.69) is 15.1 Å². The summed E-state index contributed by atoms with van der Waals surface area (Å²) in [6.45, 7) is 3.30. The van der Waals surface area contributed by atoms with Crippen molar-refractivity contribution in [2.75, 3.05) is 13.1 Å². The van der Waals surface area contributed by atoms with Gasteiger partial charge in [-0.15, -0.1) is 0 Å². The summed E-state index contributed by atoms with van der Waals surface area (Å²) in [5, 5.41) is 4.38. The quantitative estimate of drug-likeness (QED) is 0.644. The van der Waals surface area contributed by atoms with Gasteiger partial charge in [-0.2, -0.15) is 4.98 Å². The second-order valence-corrected chi connectivity index (χ2v) is 8.57. The maximum atomic E-state index is 12.9. The summed E-state index contributed by atoms with van der Waals surface area (Å²) in [6.07, 6.45) is 10.4. The van der Waals surface area contributed by atoms with Gasteiger partial charge >= 0.3 is 0 Å². The molecule has 4 heterocycles. The number of pyridine rings is 2. The Bertz CT molecular complexity index is 1020. The van der Waals surface area contributed by atoms with Crippen LogP contribution in [-0.4, -0.2) is 44.0 Å². The van der Waals surface area contributed by atoms with Crippen LogP contribution in [0.1, 0.15) is 54.0 Å². The van der Waals surface area contributed by atoms with E-state index in [1.807, 2.05) is 36.1 Å². The molecule has 2 aliphatic rings. The van der Waals surface area contributed by atoms with Crippen LogP contribution in [0.4, 0.5) is 0 Å². The highest BCUT2D eigenvalue weighted by Gasteiger charge is 2.44. The van der Waals surface area contributed by atoms with Gasteiger partial charge in [0.1, 0.15) is 0 Å². The zero-order valence-corrected chi connectivity index (χ0v) is 17.1. The number of carbonyl (C=O) groups excluding carboxylic acids is 1. The van der Waals surface area contributed by atoms with E-state index in [9.17, 15) is 4.79 Å². The number of hydrogen-bond acceptors (Lipinski definition) is 6. The summed E-state index contributed by atoms with van der Waals surface area (Å²) in [4.78, 5) is 28.0. The maximum absolute atomic E-state index is 12.9. The fraction of sp³-hybridized carbons (Fsp3) is 0.435. The lowest BCUT2D eigenvalue weighted by Gasteiger charge is -2.40. The predicted octanol–water partition coefficient (Wildman–Crippen LogP) is 3.81. The highest BCUT2D eigenvalue weighted by molar-refractivity contribution is 5.94. The molecule has 0 unspecified atom stereocenters. The van der Waals surface area contributed by atoms with Crippen molar-refractivity contribution in [2.24, 2.45) is 5.92 Å². The number of likely N-dealkylation sites (tertiary alicyclic amines) is 1. The van der Waals surface area contributed by atoms with Gasteiger partial charge in [0.25, 0.3) is 11.8 Å². The zero-order chi connectivity index (χ0) is 20.6. The van der Waals surface area contributed by atoms with Crippen molar-refractivity contribution in [1.82, 2.24) is 25.0 Å². The Balaban J connectivity index is 1.35. The van der Waals surface area contributed by atoms with Crippen molar-refractivity contribution in [3.8, 4) is 11.5 Å². The van der Waals surface area contributed by atoms with Crippen molar-refractivity contribution in [3.05, 3.63) is 59.9 Å². The minimum atomic E-state index is -0.132. The second kappa shape index (κ2) is 7.63. The molecule has 3 aromatic heterocycles. The SMILES string of the molecule is Cc1ccc(C(=O)N2CCC(CC3CC3)(c3noc(-c4cccnc4)n3)CC2)cn1. The lowest BCUT2D eigenvalue weighted by Crippen LogP contribution is -2.46. The molecular weight excluding hydrogens is 378 g/mol. The standard InChI is InChI=1S/C23H25N5O2/c1-16-4-7-19(15-25-16)21(29)28-11-8-23(9-12-28,13-17-5-6-17)22-26-20(30-27-22)18-3-2-10-24-14-18/h2-4,7,10,14-15,17H,5-6,8-9,11-13H2,1H3. The van der Waals surface area contributed by atoms with Gasteiger partial charge in [0.15, 0.2) is 5.82 Å². The molecule has 30 heavy (non-hydrogen) atoms. The second-order valence-electron chi connectivity index (χ2n) is 8.57. The van der Waals surface area contributed by atoms with Crippen LogP contribution in [0.25, 0.3) is 11.5 Å². The molecule has 1 saturated heterocycles. The fourth-order valence-corrected chi connectivity index (χ4v) is 4.35. The van der Waals surface area contributed by atoms with Gasteiger partial charge < -0.3 is 9.42 Å². The zero-order valence-electron chi connectivity index (χ0n) is 17.1. The number of hydrogen-bond donors (Lipinski definition) is 0. The highest BCUT2D eigenvalue weighted by Crippen LogP contribution is 2.46. The highest BCUT2D eigenvalue weighted by atomic mass is 16.5. The molecule has 1 amide bonds. The number of piperidine rings is 1. The van der Waals surface area contributed by atoms with Gasteiger partial charge in [-0.1, -0.05) is 18.0 Å². The van der Waals surface area contributed by atoms with Crippen molar-refractivity contribution >= 4 is 5.91 Å². The van der Waals surface area contributed by atoms with Crippen molar-refractivity contribution in [2.45, 2.75) is 44.4 Å². The van der Waals surface area contributed by atoms with Crippen molar-refractivity contribution < 1.29 is 9.32 Å². The molecule has 2 fully saturated rings. The Labute approximate surface area is 175 Å². The average Bonchev–Trinajstić information content (AvgIpc) is 3.45. The summed E-state index contributed by atoms with van der Waals surface area (Å²) in [5.41, 5.74) is 2.26. The van der Waals surface area contributed by atoms with Gasteiger partial charge in [-0.05, 0) is 56.4 Å². The number of rotatable bonds is 5. The van der Waals surface area contributed by atoms with Crippen LogP contribution in [0.15, 0.2) is 47.4 Å². The van der Waals surface area contributed by atoms with Crippen LogP contribution in [0.3, 0.4) is 0 Å². The molecule has 0 radical (unpaired) electrons. The molecule has 7 heteroatoms. The molecule has 154 valence electrons. The van der Waals surface area contributed by atoms with Crippen LogP contribution in [0, 0.1) is 12.8 Å². The van der Waals surface area contributed by atoms with E-state index in [0.29, 0.717) is 24.5 Å². The van der Waals surface area contributed by atoms with E-state index in [1.54, 1.807) is 18.6 Å². The summed E-state index contributed by atoms with van der Waals surface area (Å²) in [7, 11) is 0. The van der Waals surface area contributed by atoms with E-state index in [4.69, 9.17) is 9.51 Å². The molecule has 0 spiro atoms. The van der Waals surface area contributed by atoms with E-state index in [0.717, 1.165) is 42.3 Å². The summed E-state index contributed by atoms with van der Waals surface area (Å²) in [5.74, 6) is 2.07. The van der Waals surface area contributed by atoms with Gasteiger partial charge in [0.2, 0.25) is 0 Å². The van der Waals surface area contributed by atoms with Crippen molar-refractivity contribution in [3.63, 3.8) is 0 Å². The Morgan fingerprint density at radius 2 is 2.03 bits per heavy atom. The van der Waals surface area contributed by atoms with E-state index in [1.165, 1.54) is 12.8 Å². The minimum Gasteiger partial charge on any atom is -0.339 e. The number of aromatic nitrogens is 4. The Hall–Kier alpha value is -3.09. The third-order valence-electron chi connectivity index (χ3n) is 6.35. The normalized spacial score (nSPS) is 18.4. The lowest BCUT2D eigenvalue weighted by atomic mass is 9.73. The molecule has 1 aliphatic heterocycles. The Morgan fingerprint density at radius 1 is 1.20 bits per heavy atom. The maximum Gasteiger partial charge on any atom is 0.259 e. The van der Waals surface area contributed by atoms with E-state index in [-0.39, 0.29) is 11.3 Å². The summed E-state index contributed by atoms with van der Waals surface area (Å²) < 4.78 is 5.60. The number of amides is 1. The lowest BCUT2D eigenvalue weighted by molar-refractivity contribution is 0.0645. The minimum absolute atomic E-state index is 0.0479. The van der Waals surface area contributed by atoms with Gasteiger partial charge in [0, 0.05) is 42.8 Å². The molecule has 7 nitrogen and oxygen atoms in total. The smallest absolute Gasteiger partial charge is 0.259 e. The molecule has 0 atom stereocenters. The third-order valence-corrected chi connectivity index (χ3v) is 6.35. The Kier molecular flexibility index (Phi) is 4.81. The molecule has 0 bridgehead atoms. The average molecular weight is 403 g/mol. The molecule has 0 aromatic carbocycles. The predicted molar refractivity (Wildman–Crippen MR) is 111 cm³/mol. The largest absolute Gasteiger partial charge is 0.339 e. The first kappa shape index (κ1) is 18.9. The molecule has 3 aromatic rings.